The third-order valence-electron chi connectivity index (χ3n) is 17.4. The van der Waals surface area contributed by atoms with E-state index in [9.17, 15) is 9.59 Å². The third kappa shape index (κ3) is 13.4. The number of esters is 2. The van der Waals surface area contributed by atoms with Crippen molar-refractivity contribution in [1.29, 1.82) is 0 Å². The number of nitrogens with two attached hydrogens (primary N) is 1. The first-order chi connectivity index (χ1) is 28.9. The van der Waals surface area contributed by atoms with Crippen LogP contribution in [0, 0.1) is 63.1 Å². The van der Waals surface area contributed by atoms with Gasteiger partial charge in [-0.25, -0.2) is 0 Å². The molecule has 10 atom stereocenters. The quantitative estimate of drug-likeness (QED) is 0.0555. The molecule has 0 saturated heterocycles. The summed E-state index contributed by atoms with van der Waals surface area (Å²) in [5.74, 6) is 5.02. The Balaban J connectivity index is 1.28. The van der Waals surface area contributed by atoms with Crippen molar-refractivity contribution in [2.75, 3.05) is 33.9 Å². The van der Waals surface area contributed by atoms with E-state index in [0.29, 0.717) is 42.1 Å². The Kier molecular flexibility index (Phi) is 19.3. The number of fused-ring (bicyclic) bond motifs is 5. The molecule has 358 valence electrons. The summed E-state index contributed by atoms with van der Waals surface area (Å²) in [6.07, 6.45) is 26.7. The molecule has 0 heterocycles. The smallest absolute Gasteiger partial charge is 0.326 e. The summed E-state index contributed by atoms with van der Waals surface area (Å²) in [5.41, 5.74) is 7.21. The Labute approximate surface area is 382 Å². The van der Waals surface area contributed by atoms with E-state index >= 15 is 0 Å². The number of nitrogens with zero attached hydrogens (tertiary/aromatic N) is 1. The van der Waals surface area contributed by atoms with Crippen LogP contribution in [0.5, 0.6) is 0 Å². The van der Waals surface area contributed by atoms with E-state index in [-0.39, 0.29) is 18.0 Å². The number of hydrogen-bond acceptors (Lipinski definition) is 7. The normalized spacial score (nSPS) is 29.8. The van der Waals surface area contributed by atoms with E-state index < -0.39 is 23.0 Å². The van der Waals surface area contributed by atoms with Crippen LogP contribution in [0.1, 0.15) is 199 Å². The number of carbonyl (C=O) groups is 2. The SMILES string of the molecule is CC(C)CCC[C@@H](C)[C@H]1CCC2C3CC=C4C[C@@H](OCCCCCC(OC(=O)CCCN(C)C)C(C)(C)C(C)(N)C(=O)OC/C=C\C(C)(C)CC(C)C)CC[C@]4(C)C3CC[C@@]21C. The van der Waals surface area contributed by atoms with Crippen LogP contribution in [-0.2, 0) is 23.8 Å². The Morgan fingerprint density at radius 1 is 0.871 bits per heavy atom. The maximum absolute atomic E-state index is 13.6. The molecule has 7 nitrogen and oxygen atoms in total. The molecule has 3 fully saturated rings. The number of hydrogen-bond donors (Lipinski definition) is 1. The average molecular weight is 867 g/mol. The van der Waals surface area contributed by atoms with Crippen molar-refractivity contribution in [3.63, 3.8) is 0 Å². The zero-order valence-electron chi connectivity index (χ0n) is 42.8. The van der Waals surface area contributed by atoms with Gasteiger partial charge in [-0.3, -0.25) is 9.59 Å². The zero-order chi connectivity index (χ0) is 46.1. The van der Waals surface area contributed by atoms with Crippen LogP contribution in [0.3, 0.4) is 0 Å². The molecular formula is C55H98N2O5. The highest BCUT2D eigenvalue weighted by Crippen LogP contribution is 2.67. The lowest BCUT2D eigenvalue weighted by atomic mass is 9.47. The molecule has 0 bridgehead atoms. The molecule has 0 aromatic rings. The standard InChI is InChI=1S/C55H98N2O5/c1-39(2)21-18-22-41(5)45-27-28-46-44-26-25-42-37-43(29-32-53(42,10)47(44)30-33-54(45,46)11)60-35-17-15-16-23-48(62-49(58)24-19-34-57(13)14)52(8,9)55(12,56)50(59)61-36-20-31-51(6,7)38-40(3)4/h20,25,31,39-41,43-48H,15-19,21-24,26-30,32-38,56H2,1-14H3/b31-20-/t41-,43+,44?,45-,46?,47?,48?,53+,54-,55?/m1/s1. The highest BCUT2D eigenvalue weighted by Gasteiger charge is 2.59. The van der Waals surface area contributed by atoms with Gasteiger partial charge in [-0.15, -0.1) is 0 Å². The summed E-state index contributed by atoms with van der Waals surface area (Å²) < 4.78 is 18.6. The second kappa shape index (κ2) is 22.7. The van der Waals surface area contributed by atoms with Gasteiger partial charge in [0.15, 0.2) is 0 Å². The molecule has 62 heavy (non-hydrogen) atoms. The van der Waals surface area contributed by atoms with E-state index in [0.717, 1.165) is 87.2 Å². The van der Waals surface area contributed by atoms with E-state index in [1.54, 1.807) is 12.5 Å². The van der Waals surface area contributed by atoms with Crippen molar-refractivity contribution >= 4 is 11.9 Å². The van der Waals surface area contributed by atoms with Crippen LogP contribution in [0.25, 0.3) is 0 Å². The summed E-state index contributed by atoms with van der Waals surface area (Å²) in [5, 5.41) is 0. The molecule has 0 aliphatic heterocycles. The topological polar surface area (TPSA) is 91.1 Å². The Morgan fingerprint density at radius 3 is 2.27 bits per heavy atom. The van der Waals surface area contributed by atoms with Gasteiger partial charge in [0.25, 0.3) is 0 Å². The molecule has 4 aliphatic rings. The summed E-state index contributed by atoms with van der Waals surface area (Å²) in [6, 6.07) is 0. The predicted molar refractivity (Wildman–Crippen MR) is 259 cm³/mol. The van der Waals surface area contributed by atoms with Crippen LogP contribution in [0.2, 0.25) is 0 Å². The fourth-order valence-corrected chi connectivity index (χ4v) is 13.3. The van der Waals surface area contributed by atoms with Crippen molar-refractivity contribution in [2.24, 2.45) is 68.8 Å². The molecular weight excluding hydrogens is 769 g/mol. The van der Waals surface area contributed by atoms with Crippen LogP contribution >= 0.6 is 0 Å². The molecule has 0 amide bonds. The largest absolute Gasteiger partial charge is 0.462 e. The first kappa shape index (κ1) is 52.9. The third-order valence-corrected chi connectivity index (χ3v) is 17.4. The molecule has 7 heteroatoms. The van der Waals surface area contributed by atoms with Crippen molar-refractivity contribution in [3.05, 3.63) is 23.8 Å². The number of ether oxygens (including phenoxy) is 3. The van der Waals surface area contributed by atoms with Gasteiger partial charge in [-0.2, -0.15) is 0 Å². The van der Waals surface area contributed by atoms with Gasteiger partial charge in [0.05, 0.1) is 6.10 Å². The second-order valence-corrected chi connectivity index (χ2v) is 24.3. The molecule has 3 saturated carbocycles. The predicted octanol–water partition coefficient (Wildman–Crippen LogP) is 13.1. The Hall–Kier alpha value is -1.70. The average Bonchev–Trinajstić information content (AvgIpc) is 3.53. The lowest BCUT2D eigenvalue weighted by Gasteiger charge is -2.58. The monoisotopic (exact) mass is 867 g/mol. The summed E-state index contributed by atoms with van der Waals surface area (Å²) in [6.45, 7) is 28.8. The van der Waals surface area contributed by atoms with E-state index in [1.165, 1.54) is 57.8 Å². The summed E-state index contributed by atoms with van der Waals surface area (Å²) in [4.78, 5) is 28.8. The number of unbranched alkanes of at least 4 members (excludes halogenated alkanes) is 2. The molecule has 0 aromatic carbocycles. The first-order valence-electron chi connectivity index (χ1n) is 25.7. The molecule has 0 aromatic heterocycles. The van der Waals surface area contributed by atoms with Gasteiger partial charge in [-0.05, 0) is 169 Å². The van der Waals surface area contributed by atoms with E-state index in [2.05, 4.69) is 79.4 Å². The fourth-order valence-electron chi connectivity index (χ4n) is 13.3. The number of carbonyl (C=O) groups excluding carboxylic acids is 2. The van der Waals surface area contributed by atoms with Crippen molar-refractivity contribution in [2.45, 2.75) is 216 Å². The summed E-state index contributed by atoms with van der Waals surface area (Å²) in [7, 11) is 4.01. The molecule has 0 radical (unpaired) electrons. The van der Waals surface area contributed by atoms with E-state index in [1.807, 2.05) is 34.0 Å². The lowest BCUT2D eigenvalue weighted by Crippen LogP contribution is -2.62. The second-order valence-electron chi connectivity index (χ2n) is 24.3. The number of allylic oxidation sites excluding steroid dienone is 2. The van der Waals surface area contributed by atoms with Crippen molar-refractivity contribution in [1.82, 2.24) is 4.90 Å². The Bertz CT molecular complexity index is 1480. The maximum atomic E-state index is 13.6. The first-order valence-corrected chi connectivity index (χ1v) is 25.7. The van der Waals surface area contributed by atoms with Crippen molar-refractivity contribution in [3.8, 4) is 0 Å². The van der Waals surface area contributed by atoms with Gasteiger partial charge in [-0.1, -0.05) is 126 Å². The van der Waals surface area contributed by atoms with Crippen LogP contribution in [-0.4, -0.2) is 68.4 Å². The van der Waals surface area contributed by atoms with Crippen molar-refractivity contribution < 1.29 is 23.8 Å². The maximum Gasteiger partial charge on any atom is 0.326 e. The van der Waals surface area contributed by atoms with Gasteiger partial charge >= 0.3 is 11.9 Å². The van der Waals surface area contributed by atoms with E-state index in [4.69, 9.17) is 19.9 Å². The minimum atomic E-state index is -1.36. The van der Waals surface area contributed by atoms with Crippen LogP contribution in [0.4, 0.5) is 0 Å². The van der Waals surface area contributed by atoms with Crippen LogP contribution < -0.4 is 5.73 Å². The Morgan fingerprint density at radius 2 is 1.60 bits per heavy atom. The molecule has 2 N–H and O–H groups in total. The molecule has 4 rings (SSSR count). The summed E-state index contributed by atoms with van der Waals surface area (Å²) >= 11 is 0. The fraction of sp³-hybridized carbons (Fsp3) is 0.891. The molecule has 0 spiro atoms. The highest BCUT2D eigenvalue weighted by molar-refractivity contribution is 5.81. The zero-order valence-corrected chi connectivity index (χ0v) is 42.8. The number of rotatable bonds is 25. The molecule has 4 aliphatic carbocycles. The van der Waals surface area contributed by atoms with Crippen LogP contribution in [0.15, 0.2) is 23.8 Å². The molecule has 5 unspecified atom stereocenters. The van der Waals surface area contributed by atoms with Gasteiger partial charge in [0, 0.05) is 18.4 Å². The highest BCUT2D eigenvalue weighted by atomic mass is 16.5. The van der Waals surface area contributed by atoms with Gasteiger partial charge in [0.1, 0.15) is 18.2 Å². The minimum Gasteiger partial charge on any atom is -0.462 e. The van der Waals surface area contributed by atoms with Gasteiger partial charge < -0.3 is 24.8 Å². The van der Waals surface area contributed by atoms with Gasteiger partial charge in [0.2, 0.25) is 0 Å². The lowest BCUT2D eigenvalue weighted by molar-refractivity contribution is -0.169. The minimum absolute atomic E-state index is 0.0145.